The molecule has 1 rings (SSSR count). The number of hydrogen-bond donors (Lipinski definition) is 0. The third-order valence-electron chi connectivity index (χ3n) is 2.76. The monoisotopic (exact) mass is 178 g/mol. The Hall–Kier alpha value is -0.920. The van der Waals surface area contributed by atoms with Gasteiger partial charge in [-0.05, 0) is 18.4 Å². The quantitative estimate of drug-likeness (QED) is 0.708. The topological polar surface area (TPSA) is 25.8 Å². The number of nitrogens with zero attached hydrogens (tertiary/aromatic N) is 2. The Morgan fingerprint density at radius 1 is 1.31 bits per heavy atom. The molecule has 0 aliphatic rings. The van der Waals surface area contributed by atoms with E-state index in [0.29, 0.717) is 11.8 Å². The Labute approximate surface area is 80.4 Å². The van der Waals surface area contributed by atoms with E-state index >= 15 is 0 Å². The molecule has 0 aliphatic carbocycles. The highest BCUT2D eigenvalue weighted by Crippen LogP contribution is 2.27. The van der Waals surface area contributed by atoms with Crippen molar-refractivity contribution in [3.8, 4) is 0 Å². The van der Waals surface area contributed by atoms with Gasteiger partial charge in [0.05, 0.1) is 0 Å². The Bertz CT molecular complexity index is 233. The van der Waals surface area contributed by atoms with E-state index < -0.39 is 0 Å². The molecule has 2 atom stereocenters. The summed E-state index contributed by atoms with van der Waals surface area (Å²) in [5.74, 6) is 1.30. The van der Waals surface area contributed by atoms with E-state index in [1.165, 1.54) is 12.1 Å². The van der Waals surface area contributed by atoms with Crippen LogP contribution in [0.3, 0.4) is 0 Å². The third-order valence-corrected chi connectivity index (χ3v) is 2.76. The Morgan fingerprint density at radius 2 is 2.08 bits per heavy atom. The lowest BCUT2D eigenvalue weighted by atomic mass is 9.87. The minimum absolute atomic E-state index is 0.591. The largest absolute Gasteiger partial charge is 0.245 e. The molecule has 72 valence electrons. The predicted octanol–water partition coefficient (Wildman–Crippen LogP) is 3.02. The minimum atomic E-state index is 0.591. The maximum atomic E-state index is 4.31. The Balaban J connectivity index is 2.78. The maximum Gasteiger partial charge on any atom is 0.115 e. The van der Waals surface area contributed by atoms with Gasteiger partial charge in [0.15, 0.2) is 0 Å². The van der Waals surface area contributed by atoms with Crippen LogP contribution in [0.5, 0.6) is 0 Å². The van der Waals surface area contributed by atoms with Crippen molar-refractivity contribution in [2.24, 2.45) is 5.92 Å². The summed E-state index contributed by atoms with van der Waals surface area (Å²) in [5, 5.41) is 0. The molecule has 0 N–H and O–H groups in total. The first-order chi connectivity index (χ1) is 6.29. The zero-order valence-corrected chi connectivity index (χ0v) is 8.70. The molecule has 2 heteroatoms. The van der Waals surface area contributed by atoms with Crippen LogP contribution in [0, 0.1) is 5.92 Å². The number of hydrogen-bond acceptors (Lipinski definition) is 2. The van der Waals surface area contributed by atoms with Gasteiger partial charge in [-0.1, -0.05) is 27.2 Å². The minimum Gasteiger partial charge on any atom is -0.245 e. The summed E-state index contributed by atoms with van der Waals surface area (Å²) in [6.07, 6.45) is 5.84. The van der Waals surface area contributed by atoms with E-state index in [4.69, 9.17) is 0 Å². The van der Waals surface area contributed by atoms with Gasteiger partial charge in [0.1, 0.15) is 6.33 Å². The smallest absolute Gasteiger partial charge is 0.115 e. The van der Waals surface area contributed by atoms with Gasteiger partial charge in [0, 0.05) is 17.8 Å². The van der Waals surface area contributed by atoms with E-state index in [-0.39, 0.29) is 0 Å². The van der Waals surface area contributed by atoms with Crippen molar-refractivity contribution in [1.82, 2.24) is 9.97 Å². The fourth-order valence-electron chi connectivity index (χ4n) is 1.71. The molecule has 2 unspecified atom stereocenters. The summed E-state index contributed by atoms with van der Waals surface area (Å²) >= 11 is 0. The summed E-state index contributed by atoms with van der Waals surface area (Å²) in [4.78, 5) is 8.24. The highest BCUT2D eigenvalue weighted by molar-refractivity contribution is 5.06. The van der Waals surface area contributed by atoms with Crippen molar-refractivity contribution >= 4 is 0 Å². The van der Waals surface area contributed by atoms with Crippen LogP contribution >= 0.6 is 0 Å². The normalized spacial score (nSPS) is 15.3. The fourth-order valence-corrected chi connectivity index (χ4v) is 1.71. The second-order valence-electron chi connectivity index (χ2n) is 3.53. The standard InChI is InChI=1S/C11H18N2/c1-4-9(3)10(5-2)11-6-7-12-8-13-11/h6-10H,4-5H2,1-3H3. The summed E-state index contributed by atoms with van der Waals surface area (Å²) in [7, 11) is 0. The molecule has 1 aromatic heterocycles. The summed E-state index contributed by atoms with van der Waals surface area (Å²) in [6.45, 7) is 6.74. The van der Waals surface area contributed by atoms with Crippen LogP contribution in [0.1, 0.15) is 45.2 Å². The van der Waals surface area contributed by atoms with Crippen molar-refractivity contribution in [3.63, 3.8) is 0 Å². The van der Waals surface area contributed by atoms with Crippen LogP contribution in [-0.2, 0) is 0 Å². The molecule has 0 aliphatic heterocycles. The summed E-state index contributed by atoms with van der Waals surface area (Å²) in [6, 6.07) is 2.03. The second kappa shape index (κ2) is 4.95. The lowest BCUT2D eigenvalue weighted by Crippen LogP contribution is -2.09. The zero-order chi connectivity index (χ0) is 9.68. The molecule has 1 aromatic rings. The average molecular weight is 178 g/mol. The second-order valence-corrected chi connectivity index (χ2v) is 3.53. The number of aromatic nitrogens is 2. The molecule has 1 heterocycles. The molecule has 0 spiro atoms. The molecular weight excluding hydrogens is 160 g/mol. The summed E-state index contributed by atoms with van der Waals surface area (Å²) in [5.41, 5.74) is 1.19. The molecular formula is C11H18N2. The van der Waals surface area contributed by atoms with E-state index in [2.05, 4.69) is 30.7 Å². The van der Waals surface area contributed by atoms with Gasteiger partial charge in [0.25, 0.3) is 0 Å². The van der Waals surface area contributed by atoms with E-state index in [1.807, 2.05) is 12.3 Å². The van der Waals surface area contributed by atoms with Crippen LogP contribution in [-0.4, -0.2) is 9.97 Å². The van der Waals surface area contributed by atoms with Gasteiger partial charge in [-0.15, -0.1) is 0 Å². The van der Waals surface area contributed by atoms with Crippen molar-refractivity contribution in [2.45, 2.75) is 39.5 Å². The zero-order valence-electron chi connectivity index (χ0n) is 8.70. The molecule has 2 nitrogen and oxygen atoms in total. The van der Waals surface area contributed by atoms with Crippen molar-refractivity contribution in [3.05, 3.63) is 24.3 Å². The first kappa shape index (κ1) is 10.2. The molecule has 0 aromatic carbocycles. The Kier molecular flexibility index (Phi) is 3.87. The fraction of sp³-hybridized carbons (Fsp3) is 0.636. The number of rotatable bonds is 4. The highest BCUT2D eigenvalue weighted by Gasteiger charge is 2.16. The molecule has 0 amide bonds. The van der Waals surface area contributed by atoms with Gasteiger partial charge < -0.3 is 0 Å². The predicted molar refractivity (Wildman–Crippen MR) is 54.5 cm³/mol. The van der Waals surface area contributed by atoms with Gasteiger partial charge in [-0.25, -0.2) is 9.97 Å². The Morgan fingerprint density at radius 3 is 2.54 bits per heavy atom. The molecule has 0 fully saturated rings. The van der Waals surface area contributed by atoms with Crippen molar-refractivity contribution in [2.75, 3.05) is 0 Å². The molecule has 0 saturated heterocycles. The van der Waals surface area contributed by atoms with Crippen LogP contribution in [0.4, 0.5) is 0 Å². The van der Waals surface area contributed by atoms with Gasteiger partial charge in [-0.3, -0.25) is 0 Å². The summed E-state index contributed by atoms with van der Waals surface area (Å²) < 4.78 is 0. The first-order valence-corrected chi connectivity index (χ1v) is 5.05. The van der Waals surface area contributed by atoms with Crippen LogP contribution in [0.15, 0.2) is 18.6 Å². The van der Waals surface area contributed by atoms with Gasteiger partial charge in [-0.2, -0.15) is 0 Å². The SMILES string of the molecule is CCC(C)C(CC)c1ccncn1. The molecule has 0 bridgehead atoms. The third kappa shape index (κ3) is 2.51. The van der Waals surface area contributed by atoms with E-state index in [0.717, 1.165) is 6.42 Å². The molecule has 0 radical (unpaired) electrons. The van der Waals surface area contributed by atoms with E-state index in [1.54, 1.807) is 6.33 Å². The molecule has 13 heavy (non-hydrogen) atoms. The average Bonchev–Trinajstić information content (AvgIpc) is 2.20. The van der Waals surface area contributed by atoms with Gasteiger partial charge in [0.2, 0.25) is 0 Å². The maximum absolute atomic E-state index is 4.31. The van der Waals surface area contributed by atoms with Crippen molar-refractivity contribution in [1.29, 1.82) is 0 Å². The van der Waals surface area contributed by atoms with Crippen molar-refractivity contribution < 1.29 is 0 Å². The highest BCUT2D eigenvalue weighted by atomic mass is 14.8. The first-order valence-electron chi connectivity index (χ1n) is 5.05. The molecule has 0 saturated carbocycles. The van der Waals surface area contributed by atoms with Gasteiger partial charge >= 0.3 is 0 Å². The lowest BCUT2D eigenvalue weighted by molar-refractivity contribution is 0.426. The lowest BCUT2D eigenvalue weighted by Gasteiger charge is -2.20. The van der Waals surface area contributed by atoms with Crippen LogP contribution < -0.4 is 0 Å². The van der Waals surface area contributed by atoms with Crippen LogP contribution in [0.2, 0.25) is 0 Å². The van der Waals surface area contributed by atoms with E-state index in [9.17, 15) is 0 Å². The van der Waals surface area contributed by atoms with Crippen LogP contribution in [0.25, 0.3) is 0 Å².